The third kappa shape index (κ3) is 7.31. The lowest BCUT2D eigenvalue weighted by Gasteiger charge is -2.22. The third-order valence-corrected chi connectivity index (χ3v) is 6.11. The number of alkyl halides is 6. The monoisotopic (exact) mass is 514 g/mol. The molecule has 1 aliphatic heterocycles. The average molecular weight is 514 g/mol. The van der Waals surface area contributed by atoms with E-state index in [1.807, 2.05) is 0 Å². The number of nitrogens with zero attached hydrogens (tertiary/aromatic N) is 3. The molecule has 2 unspecified atom stereocenters. The van der Waals surface area contributed by atoms with Gasteiger partial charge in [-0.25, -0.2) is 8.42 Å². The van der Waals surface area contributed by atoms with Gasteiger partial charge in [-0.3, -0.25) is 0 Å². The summed E-state index contributed by atoms with van der Waals surface area (Å²) in [4.78, 5) is 11.3. The highest BCUT2D eigenvalue weighted by atomic mass is 32.2. The number of halogens is 6. The first-order valence-corrected chi connectivity index (χ1v) is 11.7. The molecule has 188 valence electrons. The van der Waals surface area contributed by atoms with E-state index in [0.717, 1.165) is 24.5 Å². The van der Waals surface area contributed by atoms with Crippen LogP contribution in [0.1, 0.15) is 12.0 Å². The van der Waals surface area contributed by atoms with Crippen LogP contribution in [0.2, 0.25) is 0 Å². The lowest BCUT2D eigenvalue weighted by atomic mass is 10.1. The van der Waals surface area contributed by atoms with Crippen molar-refractivity contribution in [1.29, 1.82) is 0 Å². The van der Waals surface area contributed by atoms with Crippen LogP contribution in [0.3, 0.4) is 0 Å². The number of sulfone groups is 1. The number of anilines is 3. The molecule has 1 aromatic carbocycles. The maximum Gasteiger partial charge on any atom is 0.422 e. The standard InChI is InChI=1S/C18H20F6N6O3S/c1-34(31,32)13(10-5-6-25-8-10)27-15-28-14(29-16(30-15)33-9-17(19,20)21)26-12-4-2-3-11(7-12)18(22,23)24/h2-4,7,10,13,25H,5-6,8-9H2,1H3,(H2,26,27,28,29,30). The molecule has 1 fully saturated rings. The van der Waals surface area contributed by atoms with Crippen molar-refractivity contribution in [1.82, 2.24) is 20.3 Å². The zero-order valence-corrected chi connectivity index (χ0v) is 18.4. The Morgan fingerprint density at radius 1 is 1.15 bits per heavy atom. The lowest BCUT2D eigenvalue weighted by Crippen LogP contribution is -2.38. The van der Waals surface area contributed by atoms with Crippen molar-refractivity contribution in [3.05, 3.63) is 29.8 Å². The van der Waals surface area contributed by atoms with Crippen LogP contribution in [0.5, 0.6) is 6.01 Å². The van der Waals surface area contributed by atoms with Gasteiger partial charge < -0.3 is 20.7 Å². The summed E-state index contributed by atoms with van der Waals surface area (Å²) in [6, 6.07) is 3.14. The van der Waals surface area contributed by atoms with Crippen molar-refractivity contribution in [2.45, 2.75) is 24.1 Å². The summed E-state index contributed by atoms with van der Waals surface area (Å²) >= 11 is 0. The van der Waals surface area contributed by atoms with E-state index in [1.54, 1.807) is 0 Å². The first-order valence-electron chi connectivity index (χ1n) is 9.77. The fraction of sp³-hybridized carbons (Fsp3) is 0.500. The van der Waals surface area contributed by atoms with E-state index in [4.69, 9.17) is 0 Å². The second-order valence-electron chi connectivity index (χ2n) is 7.52. The molecule has 9 nitrogen and oxygen atoms in total. The van der Waals surface area contributed by atoms with Crippen molar-refractivity contribution in [3.8, 4) is 6.01 Å². The first-order chi connectivity index (χ1) is 15.7. The van der Waals surface area contributed by atoms with E-state index in [9.17, 15) is 34.8 Å². The van der Waals surface area contributed by atoms with E-state index in [2.05, 4.69) is 35.6 Å². The van der Waals surface area contributed by atoms with Crippen molar-refractivity contribution in [2.75, 3.05) is 36.6 Å². The molecule has 0 radical (unpaired) electrons. The van der Waals surface area contributed by atoms with Crippen LogP contribution in [0, 0.1) is 5.92 Å². The van der Waals surface area contributed by atoms with Crippen LogP contribution in [0.15, 0.2) is 24.3 Å². The first kappa shape index (κ1) is 25.7. The molecule has 2 heterocycles. The number of benzene rings is 1. The Morgan fingerprint density at radius 3 is 2.44 bits per heavy atom. The van der Waals surface area contributed by atoms with Crippen molar-refractivity contribution in [2.24, 2.45) is 5.92 Å². The molecule has 0 bridgehead atoms. The van der Waals surface area contributed by atoms with Gasteiger partial charge in [-0.2, -0.15) is 41.3 Å². The molecule has 0 spiro atoms. The highest BCUT2D eigenvalue weighted by Crippen LogP contribution is 2.31. The Bertz CT molecular complexity index is 1110. The molecule has 2 aromatic rings. The predicted octanol–water partition coefficient (Wildman–Crippen LogP) is 2.97. The minimum absolute atomic E-state index is 0.117. The molecule has 3 rings (SSSR count). The molecule has 0 saturated carbocycles. The largest absolute Gasteiger partial charge is 0.454 e. The second-order valence-corrected chi connectivity index (χ2v) is 9.69. The fourth-order valence-electron chi connectivity index (χ4n) is 3.23. The molecule has 0 amide bonds. The quantitative estimate of drug-likeness (QED) is 0.457. The number of rotatable bonds is 8. The number of hydrogen-bond donors (Lipinski definition) is 3. The van der Waals surface area contributed by atoms with Crippen molar-refractivity contribution >= 4 is 27.4 Å². The Morgan fingerprint density at radius 2 is 1.85 bits per heavy atom. The molecular weight excluding hydrogens is 494 g/mol. The summed E-state index contributed by atoms with van der Waals surface area (Å²) in [5, 5.41) is 6.87. The maximum absolute atomic E-state index is 13.0. The molecule has 1 aliphatic rings. The number of hydrogen-bond acceptors (Lipinski definition) is 9. The molecule has 3 N–H and O–H groups in total. The molecule has 1 aromatic heterocycles. The van der Waals surface area contributed by atoms with Crippen LogP contribution in [0.4, 0.5) is 43.9 Å². The zero-order chi connectivity index (χ0) is 25.1. The van der Waals surface area contributed by atoms with Gasteiger partial charge in [0.1, 0.15) is 5.37 Å². The van der Waals surface area contributed by atoms with Gasteiger partial charge in [-0.05, 0) is 31.2 Å². The van der Waals surface area contributed by atoms with E-state index in [1.165, 1.54) is 6.07 Å². The van der Waals surface area contributed by atoms with Gasteiger partial charge >= 0.3 is 18.4 Å². The number of nitrogens with one attached hydrogen (secondary N) is 3. The van der Waals surface area contributed by atoms with Gasteiger partial charge in [0.15, 0.2) is 16.4 Å². The minimum atomic E-state index is -4.72. The van der Waals surface area contributed by atoms with Gasteiger partial charge in [0.25, 0.3) is 0 Å². The Kier molecular flexibility index (Phi) is 7.40. The van der Waals surface area contributed by atoms with Crippen molar-refractivity contribution < 1.29 is 39.5 Å². The zero-order valence-electron chi connectivity index (χ0n) is 17.5. The normalized spacial score (nSPS) is 17.9. The minimum Gasteiger partial charge on any atom is -0.454 e. The van der Waals surface area contributed by atoms with E-state index < -0.39 is 57.6 Å². The van der Waals surface area contributed by atoms with Crippen LogP contribution < -0.4 is 20.7 Å². The van der Waals surface area contributed by atoms with Gasteiger partial charge in [0.2, 0.25) is 11.9 Å². The predicted molar refractivity (Wildman–Crippen MR) is 109 cm³/mol. The summed E-state index contributed by atoms with van der Waals surface area (Å²) < 4.78 is 106. The van der Waals surface area contributed by atoms with Gasteiger partial charge in [-0.1, -0.05) is 6.07 Å². The summed E-state index contributed by atoms with van der Waals surface area (Å²) in [6.45, 7) is -0.818. The molecule has 34 heavy (non-hydrogen) atoms. The topological polar surface area (TPSA) is 118 Å². The van der Waals surface area contributed by atoms with Gasteiger partial charge in [0.05, 0.1) is 5.56 Å². The Hall–Kier alpha value is -2.88. The van der Waals surface area contributed by atoms with Crippen molar-refractivity contribution in [3.63, 3.8) is 0 Å². The van der Waals surface area contributed by atoms with Crippen LogP contribution in [-0.4, -0.2) is 60.9 Å². The molecular formula is C18H20F6N6O3S. The average Bonchev–Trinajstić information content (AvgIpc) is 3.23. The highest BCUT2D eigenvalue weighted by Gasteiger charge is 2.34. The molecule has 16 heteroatoms. The smallest absolute Gasteiger partial charge is 0.422 e. The van der Waals surface area contributed by atoms with Gasteiger partial charge in [-0.15, -0.1) is 0 Å². The number of aromatic nitrogens is 3. The third-order valence-electron chi connectivity index (χ3n) is 4.69. The SMILES string of the molecule is CS(=O)(=O)C(Nc1nc(Nc2cccc(C(F)(F)F)c2)nc(OCC(F)(F)F)n1)C1CCNC1. The van der Waals surface area contributed by atoms with Crippen LogP contribution in [0.25, 0.3) is 0 Å². The van der Waals surface area contributed by atoms with E-state index in [-0.39, 0.29) is 11.6 Å². The summed E-state index contributed by atoms with van der Waals surface area (Å²) in [6.07, 6.45) is -7.88. The second kappa shape index (κ2) is 9.77. The summed E-state index contributed by atoms with van der Waals surface area (Å²) in [5.74, 6) is -1.26. The Labute approximate surface area is 190 Å². The Balaban J connectivity index is 1.93. The molecule has 2 atom stereocenters. The molecule has 0 aliphatic carbocycles. The highest BCUT2D eigenvalue weighted by molar-refractivity contribution is 7.91. The molecule has 1 saturated heterocycles. The lowest BCUT2D eigenvalue weighted by molar-refractivity contribution is -0.154. The van der Waals surface area contributed by atoms with Gasteiger partial charge in [0, 0.05) is 24.4 Å². The van der Waals surface area contributed by atoms with E-state index >= 15 is 0 Å². The summed E-state index contributed by atoms with van der Waals surface area (Å²) in [5.41, 5.74) is -1.10. The summed E-state index contributed by atoms with van der Waals surface area (Å²) in [7, 11) is -3.71. The number of ether oxygens (including phenoxy) is 1. The fourth-order valence-corrected chi connectivity index (χ4v) is 4.48. The van der Waals surface area contributed by atoms with Crippen LogP contribution in [-0.2, 0) is 16.0 Å². The van der Waals surface area contributed by atoms with E-state index in [0.29, 0.717) is 19.5 Å². The van der Waals surface area contributed by atoms with Crippen LogP contribution >= 0.6 is 0 Å². The maximum atomic E-state index is 13.0.